The van der Waals surface area contributed by atoms with Gasteiger partial charge in [0.2, 0.25) is 0 Å². The van der Waals surface area contributed by atoms with Crippen molar-refractivity contribution in [3.8, 4) is 5.75 Å². The largest absolute Gasteiger partial charge is 0.493 e. The number of rotatable bonds is 7. The van der Waals surface area contributed by atoms with Gasteiger partial charge in [0.1, 0.15) is 5.75 Å². The number of esters is 1. The molecule has 1 rings (SSSR count). The molecule has 0 heterocycles. The van der Waals surface area contributed by atoms with Crippen molar-refractivity contribution in [1.82, 2.24) is 0 Å². The van der Waals surface area contributed by atoms with Crippen LogP contribution in [0.5, 0.6) is 5.75 Å². The summed E-state index contributed by atoms with van der Waals surface area (Å²) in [7, 11) is 1.34. The number of benzene rings is 1. The van der Waals surface area contributed by atoms with Crippen LogP contribution in [0, 0.1) is 5.41 Å². The lowest BCUT2D eigenvalue weighted by molar-refractivity contribution is -0.151. The smallest absolute Gasteiger partial charge is 0.311 e. The average Bonchev–Trinajstić information content (AvgIpc) is 2.40. The van der Waals surface area contributed by atoms with E-state index in [0.29, 0.717) is 22.8 Å². The number of hydrogen-bond donors (Lipinski definition) is 1. The maximum Gasteiger partial charge on any atom is 0.311 e. The molecule has 0 atom stereocenters. The summed E-state index contributed by atoms with van der Waals surface area (Å²) >= 11 is 5.89. The minimum Gasteiger partial charge on any atom is -0.493 e. The number of hydrogen-bond acceptors (Lipinski definition) is 4. The van der Waals surface area contributed by atoms with E-state index in [4.69, 9.17) is 26.2 Å². The van der Waals surface area contributed by atoms with Crippen LogP contribution >= 0.6 is 11.6 Å². The van der Waals surface area contributed by atoms with E-state index in [-0.39, 0.29) is 19.0 Å². The Morgan fingerprint density at radius 2 is 2.00 bits per heavy atom. The lowest BCUT2D eigenvalue weighted by Crippen LogP contribution is -2.27. The van der Waals surface area contributed by atoms with Crippen LogP contribution in [0.3, 0.4) is 0 Å². The number of ether oxygens (including phenoxy) is 2. The van der Waals surface area contributed by atoms with E-state index in [0.717, 1.165) is 0 Å². The van der Waals surface area contributed by atoms with E-state index in [1.54, 1.807) is 32.0 Å². The minimum absolute atomic E-state index is 0.146. The van der Waals surface area contributed by atoms with Gasteiger partial charge in [-0.05, 0) is 32.4 Å². The molecule has 0 unspecified atom stereocenters. The zero-order valence-electron chi connectivity index (χ0n) is 12.3. The molecular weight excluding hydrogens is 296 g/mol. The van der Waals surface area contributed by atoms with Crippen LogP contribution in [0.2, 0.25) is 5.02 Å². The molecule has 0 fully saturated rings. The first kappa shape index (κ1) is 17.3. The maximum atomic E-state index is 11.6. The number of aliphatic carboxylic acids is 1. The van der Waals surface area contributed by atoms with Crippen LogP contribution in [0.1, 0.15) is 25.8 Å². The van der Waals surface area contributed by atoms with Crippen molar-refractivity contribution in [1.29, 1.82) is 0 Å². The Morgan fingerprint density at radius 3 is 2.57 bits per heavy atom. The van der Waals surface area contributed by atoms with Gasteiger partial charge >= 0.3 is 11.9 Å². The van der Waals surface area contributed by atoms with E-state index in [2.05, 4.69) is 0 Å². The summed E-state index contributed by atoms with van der Waals surface area (Å²) in [6, 6.07) is 4.81. The fourth-order valence-electron chi connectivity index (χ4n) is 1.77. The molecule has 0 bridgehead atoms. The van der Waals surface area contributed by atoms with Crippen molar-refractivity contribution in [3.63, 3.8) is 0 Å². The molecule has 1 aromatic carbocycles. The predicted octanol–water partition coefficient (Wildman–Crippen LogP) is 2.94. The highest BCUT2D eigenvalue weighted by Crippen LogP contribution is 2.26. The van der Waals surface area contributed by atoms with Gasteiger partial charge in [0.05, 0.1) is 25.6 Å². The standard InChI is InChI=1S/C15H19ClO5/c1-15(2,14(19)20-3)6-7-21-12-9-11(16)5-4-10(12)8-13(17)18/h4-5,9H,6-8H2,1-3H3,(H,17,18). The summed E-state index contributed by atoms with van der Waals surface area (Å²) in [6.45, 7) is 3.78. The lowest BCUT2D eigenvalue weighted by Gasteiger charge is -2.21. The number of carboxylic acid groups (broad SMARTS) is 1. The molecule has 0 amide bonds. The van der Waals surface area contributed by atoms with Gasteiger partial charge in [0.15, 0.2) is 0 Å². The molecule has 0 saturated heterocycles. The van der Waals surface area contributed by atoms with E-state index in [9.17, 15) is 9.59 Å². The number of carbonyl (C=O) groups excluding carboxylic acids is 1. The summed E-state index contributed by atoms with van der Waals surface area (Å²) in [4.78, 5) is 22.4. The minimum atomic E-state index is -0.947. The molecule has 1 aromatic rings. The topological polar surface area (TPSA) is 72.8 Å². The lowest BCUT2D eigenvalue weighted by atomic mass is 9.90. The van der Waals surface area contributed by atoms with Crippen molar-refractivity contribution >= 4 is 23.5 Å². The van der Waals surface area contributed by atoms with Crippen molar-refractivity contribution < 1.29 is 24.2 Å². The van der Waals surface area contributed by atoms with E-state index in [1.807, 2.05) is 0 Å². The normalized spacial score (nSPS) is 11.0. The van der Waals surface area contributed by atoms with Crippen LogP contribution in [0.15, 0.2) is 18.2 Å². The second-order valence-corrected chi connectivity index (χ2v) is 5.73. The summed E-state index contributed by atoms with van der Waals surface area (Å²) in [5.74, 6) is -0.842. The third-order valence-corrected chi connectivity index (χ3v) is 3.33. The summed E-state index contributed by atoms with van der Waals surface area (Å²) in [6.07, 6.45) is 0.297. The second-order valence-electron chi connectivity index (χ2n) is 5.30. The molecule has 1 N–H and O–H groups in total. The molecule has 21 heavy (non-hydrogen) atoms. The molecule has 0 radical (unpaired) electrons. The molecule has 0 saturated carbocycles. The van der Waals surface area contributed by atoms with Gasteiger partial charge in [-0.15, -0.1) is 0 Å². The molecule has 0 aliphatic rings. The molecule has 116 valence electrons. The highest BCUT2D eigenvalue weighted by Gasteiger charge is 2.28. The molecule has 6 heteroatoms. The third-order valence-electron chi connectivity index (χ3n) is 3.09. The molecule has 0 spiro atoms. The Labute approximate surface area is 128 Å². The van der Waals surface area contributed by atoms with Gasteiger partial charge < -0.3 is 14.6 Å². The van der Waals surface area contributed by atoms with Crippen LogP contribution in [0.25, 0.3) is 0 Å². The van der Waals surface area contributed by atoms with Crippen LogP contribution in [-0.2, 0) is 20.7 Å². The van der Waals surface area contributed by atoms with E-state index in [1.165, 1.54) is 7.11 Å². The summed E-state index contributed by atoms with van der Waals surface area (Å²) < 4.78 is 10.3. The Hall–Kier alpha value is -1.75. The first-order chi connectivity index (χ1) is 9.76. The highest BCUT2D eigenvalue weighted by atomic mass is 35.5. The van der Waals surface area contributed by atoms with Gasteiger partial charge in [-0.25, -0.2) is 0 Å². The van der Waals surface area contributed by atoms with Gasteiger partial charge in [-0.1, -0.05) is 17.7 Å². The fraction of sp³-hybridized carbons (Fsp3) is 0.467. The second kappa shape index (κ2) is 7.31. The Morgan fingerprint density at radius 1 is 1.33 bits per heavy atom. The SMILES string of the molecule is COC(=O)C(C)(C)CCOc1cc(Cl)ccc1CC(=O)O. The number of carbonyl (C=O) groups is 2. The third kappa shape index (κ3) is 5.27. The van der Waals surface area contributed by atoms with Gasteiger partial charge in [0.25, 0.3) is 0 Å². The summed E-state index contributed by atoms with van der Waals surface area (Å²) in [5.41, 5.74) is -0.122. The van der Waals surface area contributed by atoms with Gasteiger partial charge in [0, 0.05) is 10.6 Å². The van der Waals surface area contributed by atoms with Crippen molar-refractivity contribution in [3.05, 3.63) is 28.8 Å². The molecular formula is C15H19ClO5. The molecule has 0 aromatic heterocycles. The quantitative estimate of drug-likeness (QED) is 0.783. The van der Waals surface area contributed by atoms with E-state index < -0.39 is 11.4 Å². The summed E-state index contributed by atoms with van der Waals surface area (Å²) in [5, 5.41) is 9.33. The van der Waals surface area contributed by atoms with Crippen LogP contribution in [0.4, 0.5) is 0 Å². The van der Waals surface area contributed by atoms with Crippen LogP contribution < -0.4 is 4.74 Å². The van der Waals surface area contributed by atoms with Gasteiger partial charge in [-0.2, -0.15) is 0 Å². The number of halogens is 1. The first-order valence-corrected chi connectivity index (χ1v) is 6.85. The molecule has 0 aliphatic carbocycles. The maximum absolute atomic E-state index is 11.6. The van der Waals surface area contributed by atoms with E-state index >= 15 is 0 Å². The van der Waals surface area contributed by atoms with Crippen molar-refractivity contribution in [2.45, 2.75) is 26.7 Å². The Balaban J connectivity index is 2.72. The predicted molar refractivity (Wildman–Crippen MR) is 78.7 cm³/mol. The Bertz CT molecular complexity index is 525. The highest BCUT2D eigenvalue weighted by molar-refractivity contribution is 6.30. The molecule has 5 nitrogen and oxygen atoms in total. The number of carboxylic acids is 1. The zero-order valence-corrected chi connectivity index (χ0v) is 13.1. The Kier molecular flexibility index (Phi) is 6.03. The van der Waals surface area contributed by atoms with Gasteiger partial charge in [-0.3, -0.25) is 9.59 Å². The first-order valence-electron chi connectivity index (χ1n) is 6.47. The van der Waals surface area contributed by atoms with Crippen molar-refractivity contribution in [2.24, 2.45) is 5.41 Å². The van der Waals surface area contributed by atoms with Crippen LogP contribution in [-0.4, -0.2) is 30.8 Å². The molecule has 0 aliphatic heterocycles. The average molecular weight is 315 g/mol. The fourth-order valence-corrected chi connectivity index (χ4v) is 1.93. The number of methoxy groups -OCH3 is 1. The zero-order chi connectivity index (χ0) is 16.0. The van der Waals surface area contributed by atoms with Crippen molar-refractivity contribution in [2.75, 3.05) is 13.7 Å². The monoisotopic (exact) mass is 314 g/mol.